The van der Waals surface area contributed by atoms with E-state index >= 15 is 0 Å². The number of benzene rings is 1. The largest absolute Gasteiger partial charge is 0.481 e. The number of carboxylic acid groups (broad SMARTS) is 1. The fourth-order valence-corrected chi connectivity index (χ4v) is 2.57. The second kappa shape index (κ2) is 7.61. The van der Waals surface area contributed by atoms with Crippen LogP contribution in [0.3, 0.4) is 0 Å². The minimum atomic E-state index is -1.01. The fraction of sp³-hybridized carbons (Fsp3) is 0.467. The maximum Gasteiger partial charge on any atom is 0.305 e. The van der Waals surface area contributed by atoms with E-state index in [-0.39, 0.29) is 29.7 Å². The molecule has 2 atom stereocenters. The van der Waals surface area contributed by atoms with Crippen molar-refractivity contribution >= 4 is 23.5 Å². The van der Waals surface area contributed by atoms with Gasteiger partial charge in [0.15, 0.2) is 6.10 Å². The summed E-state index contributed by atoms with van der Waals surface area (Å²) < 4.78 is 23.7. The first-order valence-electron chi connectivity index (χ1n) is 7.10. The maximum atomic E-state index is 13.0. The van der Waals surface area contributed by atoms with E-state index in [4.69, 9.17) is 26.2 Å². The van der Waals surface area contributed by atoms with E-state index in [2.05, 4.69) is 0 Å². The van der Waals surface area contributed by atoms with Crippen molar-refractivity contribution in [3.8, 4) is 5.75 Å². The molecule has 1 saturated heterocycles. The first-order chi connectivity index (χ1) is 10.9. The highest BCUT2D eigenvalue weighted by molar-refractivity contribution is 6.32. The molecule has 1 aromatic rings. The predicted molar refractivity (Wildman–Crippen MR) is 80.1 cm³/mol. The number of aliphatic carboxylic acids is 1. The van der Waals surface area contributed by atoms with Crippen LogP contribution in [-0.2, 0) is 14.3 Å². The topological polar surface area (TPSA) is 76.1 Å². The summed E-state index contributed by atoms with van der Waals surface area (Å²) in [5.41, 5.74) is 0. The summed E-state index contributed by atoms with van der Waals surface area (Å²) >= 11 is 5.87. The zero-order valence-electron chi connectivity index (χ0n) is 12.5. The van der Waals surface area contributed by atoms with Crippen molar-refractivity contribution in [1.29, 1.82) is 0 Å². The molecule has 0 saturated carbocycles. The van der Waals surface area contributed by atoms with E-state index in [0.717, 1.165) is 6.07 Å². The van der Waals surface area contributed by atoms with Crippen LogP contribution >= 0.6 is 11.6 Å². The molecule has 0 aliphatic carbocycles. The van der Waals surface area contributed by atoms with Crippen molar-refractivity contribution < 1.29 is 28.6 Å². The van der Waals surface area contributed by atoms with Crippen LogP contribution in [0, 0.1) is 5.82 Å². The first kappa shape index (κ1) is 17.5. The monoisotopic (exact) mass is 345 g/mol. The third kappa shape index (κ3) is 4.56. The zero-order chi connectivity index (χ0) is 17.0. The molecule has 0 bridgehead atoms. The number of morpholine rings is 1. The highest BCUT2D eigenvalue weighted by atomic mass is 35.5. The Labute approximate surface area is 137 Å². The Morgan fingerprint density at radius 3 is 2.96 bits per heavy atom. The summed E-state index contributed by atoms with van der Waals surface area (Å²) in [5.74, 6) is -1.68. The van der Waals surface area contributed by atoms with Gasteiger partial charge in [0, 0.05) is 6.54 Å². The molecule has 1 aliphatic rings. The van der Waals surface area contributed by atoms with Gasteiger partial charge in [0.1, 0.15) is 11.6 Å². The smallest absolute Gasteiger partial charge is 0.305 e. The number of halogens is 2. The molecule has 23 heavy (non-hydrogen) atoms. The van der Waals surface area contributed by atoms with Crippen molar-refractivity contribution in [1.82, 2.24) is 4.90 Å². The van der Waals surface area contributed by atoms with E-state index in [9.17, 15) is 14.0 Å². The fourth-order valence-electron chi connectivity index (χ4n) is 2.36. The molecule has 1 amide bonds. The number of carbonyl (C=O) groups is 2. The molecular formula is C15H17ClFNO5. The number of rotatable bonds is 5. The highest BCUT2D eigenvalue weighted by Gasteiger charge is 2.32. The Morgan fingerprint density at radius 1 is 1.57 bits per heavy atom. The lowest BCUT2D eigenvalue weighted by molar-refractivity contribution is -0.150. The first-order valence-corrected chi connectivity index (χ1v) is 7.48. The third-order valence-corrected chi connectivity index (χ3v) is 3.76. The van der Waals surface area contributed by atoms with Gasteiger partial charge in [0.25, 0.3) is 5.91 Å². The maximum absolute atomic E-state index is 13.0. The van der Waals surface area contributed by atoms with Crippen LogP contribution in [0.2, 0.25) is 5.02 Å². The molecule has 0 aromatic heterocycles. The van der Waals surface area contributed by atoms with Gasteiger partial charge < -0.3 is 19.5 Å². The van der Waals surface area contributed by atoms with Gasteiger partial charge in [-0.2, -0.15) is 0 Å². The van der Waals surface area contributed by atoms with Crippen LogP contribution in [-0.4, -0.2) is 53.8 Å². The Kier molecular flexibility index (Phi) is 5.79. The number of amides is 1. The lowest BCUT2D eigenvalue weighted by Crippen LogP contribution is -2.53. The van der Waals surface area contributed by atoms with Crippen LogP contribution in [0.15, 0.2) is 18.2 Å². The van der Waals surface area contributed by atoms with Gasteiger partial charge >= 0.3 is 5.97 Å². The van der Waals surface area contributed by atoms with E-state index in [0.29, 0.717) is 13.2 Å². The molecule has 126 valence electrons. The molecule has 0 spiro atoms. The van der Waals surface area contributed by atoms with E-state index in [1.807, 2.05) is 0 Å². The van der Waals surface area contributed by atoms with Gasteiger partial charge in [0.05, 0.1) is 30.7 Å². The molecule has 2 unspecified atom stereocenters. The quantitative estimate of drug-likeness (QED) is 0.882. The molecule has 1 heterocycles. The zero-order valence-corrected chi connectivity index (χ0v) is 13.3. The molecule has 1 N–H and O–H groups in total. The molecule has 6 nitrogen and oxygen atoms in total. The van der Waals surface area contributed by atoms with E-state index < -0.39 is 23.9 Å². The van der Waals surface area contributed by atoms with Crippen LogP contribution in [0.1, 0.15) is 13.3 Å². The third-order valence-electron chi connectivity index (χ3n) is 3.47. The van der Waals surface area contributed by atoms with E-state index in [1.54, 1.807) is 0 Å². The lowest BCUT2D eigenvalue weighted by Gasteiger charge is -2.36. The van der Waals surface area contributed by atoms with Crippen LogP contribution in [0.5, 0.6) is 5.75 Å². The Balaban J connectivity index is 2.06. The summed E-state index contributed by atoms with van der Waals surface area (Å²) in [4.78, 5) is 24.8. The summed E-state index contributed by atoms with van der Waals surface area (Å²) in [6.07, 6.45) is -1.08. The standard InChI is InChI=1S/C15H17ClFNO5/c1-9(23-13-3-2-10(17)6-12(13)16)15(21)18-4-5-22-8-11(18)7-14(19)20/h2-3,6,9,11H,4-5,7-8H2,1H3,(H,19,20). The summed E-state index contributed by atoms with van der Waals surface area (Å²) in [5, 5.41) is 8.99. The summed E-state index contributed by atoms with van der Waals surface area (Å²) in [6.45, 7) is 2.34. The van der Waals surface area contributed by atoms with Crippen molar-refractivity contribution in [2.45, 2.75) is 25.5 Å². The van der Waals surface area contributed by atoms with Crippen molar-refractivity contribution in [3.05, 3.63) is 29.0 Å². The summed E-state index contributed by atoms with van der Waals surface area (Å²) in [7, 11) is 0. The van der Waals surface area contributed by atoms with Gasteiger partial charge in [0.2, 0.25) is 0 Å². The second-order valence-electron chi connectivity index (χ2n) is 5.19. The molecule has 8 heteroatoms. The SMILES string of the molecule is CC(Oc1ccc(F)cc1Cl)C(=O)N1CCOCC1CC(=O)O. The van der Waals surface area contributed by atoms with E-state index in [1.165, 1.54) is 24.0 Å². The predicted octanol–water partition coefficient (Wildman–Crippen LogP) is 1.95. The van der Waals surface area contributed by atoms with Crippen molar-refractivity contribution in [2.75, 3.05) is 19.8 Å². The average Bonchev–Trinajstić information content (AvgIpc) is 2.49. The van der Waals surface area contributed by atoms with Crippen molar-refractivity contribution in [3.63, 3.8) is 0 Å². The van der Waals surface area contributed by atoms with Crippen LogP contribution in [0.4, 0.5) is 4.39 Å². The second-order valence-corrected chi connectivity index (χ2v) is 5.60. The Hall–Kier alpha value is -1.86. The number of carbonyl (C=O) groups excluding carboxylic acids is 1. The number of ether oxygens (including phenoxy) is 2. The molecule has 2 rings (SSSR count). The average molecular weight is 346 g/mol. The van der Waals surface area contributed by atoms with Gasteiger partial charge in [-0.25, -0.2) is 4.39 Å². The molecule has 1 aromatic carbocycles. The number of nitrogens with zero attached hydrogens (tertiary/aromatic N) is 1. The molecule has 1 aliphatic heterocycles. The molecule has 1 fully saturated rings. The Bertz CT molecular complexity index is 597. The van der Waals surface area contributed by atoms with Gasteiger partial charge in [-0.05, 0) is 25.1 Å². The summed E-state index contributed by atoms with van der Waals surface area (Å²) in [6, 6.07) is 3.08. The number of hydrogen-bond acceptors (Lipinski definition) is 4. The Morgan fingerprint density at radius 2 is 2.30 bits per heavy atom. The lowest BCUT2D eigenvalue weighted by atomic mass is 10.1. The van der Waals surface area contributed by atoms with Gasteiger partial charge in [-0.3, -0.25) is 9.59 Å². The number of hydrogen-bond donors (Lipinski definition) is 1. The highest BCUT2D eigenvalue weighted by Crippen LogP contribution is 2.26. The molecule has 0 radical (unpaired) electrons. The minimum absolute atomic E-state index is 0.0636. The number of carboxylic acids is 1. The van der Waals surface area contributed by atoms with Crippen LogP contribution < -0.4 is 4.74 Å². The minimum Gasteiger partial charge on any atom is -0.481 e. The normalized spacial score (nSPS) is 19.3. The van der Waals surface area contributed by atoms with Crippen LogP contribution in [0.25, 0.3) is 0 Å². The van der Waals surface area contributed by atoms with Gasteiger partial charge in [-0.1, -0.05) is 11.6 Å². The van der Waals surface area contributed by atoms with Gasteiger partial charge in [-0.15, -0.1) is 0 Å². The molecular weight excluding hydrogens is 329 g/mol. The van der Waals surface area contributed by atoms with Crippen molar-refractivity contribution in [2.24, 2.45) is 0 Å².